The van der Waals surface area contributed by atoms with E-state index in [-0.39, 0.29) is 6.04 Å². The molecular formula is C14H12Br3N. The van der Waals surface area contributed by atoms with Gasteiger partial charge in [0.2, 0.25) is 0 Å². The molecule has 0 radical (unpaired) electrons. The van der Waals surface area contributed by atoms with Crippen molar-refractivity contribution in [3.63, 3.8) is 0 Å². The van der Waals surface area contributed by atoms with Crippen LogP contribution in [0.4, 0.5) is 0 Å². The monoisotopic (exact) mass is 431 g/mol. The van der Waals surface area contributed by atoms with E-state index in [1.807, 2.05) is 18.2 Å². The van der Waals surface area contributed by atoms with Gasteiger partial charge in [0.15, 0.2) is 0 Å². The molecule has 1 unspecified atom stereocenters. The molecule has 2 aromatic rings. The van der Waals surface area contributed by atoms with E-state index in [0.29, 0.717) is 0 Å². The highest BCUT2D eigenvalue weighted by Crippen LogP contribution is 2.31. The summed E-state index contributed by atoms with van der Waals surface area (Å²) in [5.74, 6) is 0. The molecule has 0 saturated carbocycles. The maximum Gasteiger partial charge on any atom is 0.0563 e. The van der Waals surface area contributed by atoms with Crippen molar-refractivity contribution >= 4 is 47.8 Å². The van der Waals surface area contributed by atoms with Gasteiger partial charge in [-0.25, -0.2) is 0 Å². The zero-order valence-corrected chi connectivity index (χ0v) is 14.5. The minimum Gasteiger partial charge on any atom is -0.320 e. The minimum atomic E-state index is -0.145. The van der Waals surface area contributed by atoms with E-state index in [9.17, 15) is 0 Å². The maximum absolute atomic E-state index is 6.33. The molecule has 0 spiro atoms. The predicted octanol–water partition coefficient (Wildman–Crippen LogP) is 5.33. The fourth-order valence-corrected chi connectivity index (χ4v) is 3.00. The average Bonchev–Trinajstić information content (AvgIpc) is 2.35. The molecule has 4 heteroatoms. The number of hydrogen-bond acceptors (Lipinski definition) is 1. The topological polar surface area (TPSA) is 26.0 Å². The molecule has 18 heavy (non-hydrogen) atoms. The van der Waals surface area contributed by atoms with Crippen LogP contribution in [0.25, 0.3) is 0 Å². The van der Waals surface area contributed by atoms with Crippen molar-refractivity contribution in [3.8, 4) is 0 Å². The summed E-state index contributed by atoms with van der Waals surface area (Å²) in [5.41, 5.74) is 9.70. The Morgan fingerprint density at radius 3 is 2.33 bits per heavy atom. The van der Waals surface area contributed by atoms with Crippen LogP contribution in [0.3, 0.4) is 0 Å². The molecule has 2 rings (SSSR count). The zero-order chi connectivity index (χ0) is 13.3. The van der Waals surface area contributed by atoms with E-state index >= 15 is 0 Å². The Hall–Kier alpha value is -0.160. The molecule has 0 fully saturated rings. The molecule has 94 valence electrons. The van der Waals surface area contributed by atoms with Gasteiger partial charge in [0.1, 0.15) is 0 Å². The van der Waals surface area contributed by atoms with Crippen molar-refractivity contribution in [1.82, 2.24) is 0 Å². The number of hydrogen-bond donors (Lipinski definition) is 1. The first-order chi connectivity index (χ1) is 8.49. The fraction of sp³-hybridized carbons (Fsp3) is 0.143. The average molecular weight is 434 g/mol. The third kappa shape index (κ3) is 3.05. The van der Waals surface area contributed by atoms with Crippen molar-refractivity contribution in [3.05, 3.63) is 66.5 Å². The van der Waals surface area contributed by atoms with Crippen LogP contribution in [0.2, 0.25) is 0 Å². The summed E-state index contributed by atoms with van der Waals surface area (Å²) in [7, 11) is 0. The second-order valence-corrected chi connectivity index (χ2v) is 6.78. The van der Waals surface area contributed by atoms with Crippen LogP contribution in [0.5, 0.6) is 0 Å². The third-order valence-corrected chi connectivity index (χ3v) is 4.92. The molecule has 1 atom stereocenters. The van der Waals surface area contributed by atoms with Crippen molar-refractivity contribution in [1.29, 1.82) is 0 Å². The SMILES string of the molecule is Cc1ccc(C(N)c2cc(Br)ccc2Br)cc1Br. The van der Waals surface area contributed by atoms with Gasteiger partial charge in [0, 0.05) is 13.4 Å². The Balaban J connectivity index is 2.44. The van der Waals surface area contributed by atoms with Gasteiger partial charge < -0.3 is 5.73 Å². The summed E-state index contributed by atoms with van der Waals surface area (Å²) in [6.45, 7) is 2.06. The highest BCUT2D eigenvalue weighted by molar-refractivity contribution is 9.11. The van der Waals surface area contributed by atoms with E-state index in [1.165, 1.54) is 5.56 Å². The summed E-state index contributed by atoms with van der Waals surface area (Å²) in [5, 5.41) is 0. The molecular weight excluding hydrogens is 422 g/mol. The van der Waals surface area contributed by atoms with E-state index < -0.39 is 0 Å². The standard InChI is InChI=1S/C14H12Br3N/c1-8-2-3-9(6-13(8)17)14(18)11-7-10(15)4-5-12(11)16/h2-7,14H,18H2,1H3. The van der Waals surface area contributed by atoms with Crippen molar-refractivity contribution < 1.29 is 0 Å². The second-order valence-electron chi connectivity index (χ2n) is 4.15. The normalized spacial score (nSPS) is 12.5. The van der Waals surface area contributed by atoms with Crippen LogP contribution in [0, 0.1) is 6.92 Å². The van der Waals surface area contributed by atoms with Crippen LogP contribution in [-0.4, -0.2) is 0 Å². The molecule has 1 nitrogen and oxygen atoms in total. The molecule has 0 amide bonds. The van der Waals surface area contributed by atoms with Gasteiger partial charge in [-0.2, -0.15) is 0 Å². The smallest absolute Gasteiger partial charge is 0.0563 e. The van der Waals surface area contributed by atoms with Gasteiger partial charge >= 0.3 is 0 Å². The summed E-state index contributed by atoms with van der Waals surface area (Å²) in [6, 6.07) is 12.1. The maximum atomic E-state index is 6.33. The Bertz CT molecular complexity index is 581. The number of rotatable bonds is 2. The number of halogens is 3. The van der Waals surface area contributed by atoms with E-state index in [2.05, 4.69) is 72.9 Å². The lowest BCUT2D eigenvalue weighted by Gasteiger charge is -2.16. The molecule has 0 saturated heterocycles. The van der Waals surface area contributed by atoms with Gasteiger partial charge in [-0.3, -0.25) is 0 Å². The molecule has 2 N–H and O–H groups in total. The number of aryl methyl sites for hydroxylation is 1. The van der Waals surface area contributed by atoms with Gasteiger partial charge in [0.05, 0.1) is 6.04 Å². The first kappa shape index (κ1) is 14.3. The van der Waals surface area contributed by atoms with Crippen molar-refractivity contribution in [2.24, 2.45) is 5.73 Å². The van der Waals surface area contributed by atoms with Crippen molar-refractivity contribution in [2.45, 2.75) is 13.0 Å². The molecule has 0 aliphatic heterocycles. The quantitative estimate of drug-likeness (QED) is 0.680. The first-order valence-corrected chi connectivity index (χ1v) is 7.83. The Morgan fingerprint density at radius 1 is 0.944 bits per heavy atom. The Morgan fingerprint density at radius 2 is 1.67 bits per heavy atom. The van der Waals surface area contributed by atoms with Gasteiger partial charge in [0.25, 0.3) is 0 Å². The minimum absolute atomic E-state index is 0.145. The largest absolute Gasteiger partial charge is 0.320 e. The zero-order valence-electron chi connectivity index (χ0n) is 9.75. The first-order valence-electron chi connectivity index (χ1n) is 5.45. The summed E-state index contributed by atoms with van der Waals surface area (Å²) in [6.07, 6.45) is 0. The summed E-state index contributed by atoms with van der Waals surface area (Å²) in [4.78, 5) is 0. The summed E-state index contributed by atoms with van der Waals surface area (Å²) >= 11 is 10.6. The van der Waals surface area contributed by atoms with Crippen LogP contribution in [0.1, 0.15) is 22.7 Å². The van der Waals surface area contributed by atoms with E-state index in [0.717, 1.165) is 24.5 Å². The van der Waals surface area contributed by atoms with Crippen LogP contribution in [0.15, 0.2) is 49.8 Å². The second kappa shape index (κ2) is 5.87. The lowest BCUT2D eigenvalue weighted by Crippen LogP contribution is -2.12. The lowest BCUT2D eigenvalue weighted by atomic mass is 9.99. The van der Waals surface area contributed by atoms with E-state index in [4.69, 9.17) is 5.73 Å². The molecule has 2 aromatic carbocycles. The number of nitrogens with two attached hydrogens (primary N) is 1. The van der Waals surface area contributed by atoms with Crippen LogP contribution < -0.4 is 5.73 Å². The van der Waals surface area contributed by atoms with Crippen LogP contribution >= 0.6 is 47.8 Å². The van der Waals surface area contributed by atoms with Gasteiger partial charge in [-0.15, -0.1) is 0 Å². The highest BCUT2D eigenvalue weighted by atomic mass is 79.9. The highest BCUT2D eigenvalue weighted by Gasteiger charge is 2.13. The summed E-state index contributed by atoms with van der Waals surface area (Å²) < 4.78 is 3.14. The van der Waals surface area contributed by atoms with Gasteiger partial charge in [-0.05, 0) is 47.9 Å². The predicted molar refractivity (Wildman–Crippen MR) is 86.8 cm³/mol. The fourth-order valence-electron chi connectivity index (χ4n) is 1.74. The molecule has 0 aliphatic carbocycles. The van der Waals surface area contributed by atoms with Crippen LogP contribution in [-0.2, 0) is 0 Å². The van der Waals surface area contributed by atoms with Gasteiger partial charge in [-0.1, -0.05) is 59.9 Å². The molecule has 0 bridgehead atoms. The Kier molecular flexibility index (Phi) is 4.64. The molecule has 0 heterocycles. The number of benzene rings is 2. The lowest BCUT2D eigenvalue weighted by molar-refractivity contribution is 0.863. The Labute approximate surface area is 132 Å². The third-order valence-electron chi connectivity index (χ3n) is 2.85. The van der Waals surface area contributed by atoms with Crippen molar-refractivity contribution in [2.75, 3.05) is 0 Å². The molecule has 0 aromatic heterocycles. The molecule has 0 aliphatic rings. The van der Waals surface area contributed by atoms with E-state index in [1.54, 1.807) is 0 Å².